The average Bonchev–Trinajstić information content (AvgIpc) is 2.54. The molecule has 2 rings (SSSR count). The lowest BCUT2D eigenvalue weighted by Gasteiger charge is -2.13. The lowest BCUT2D eigenvalue weighted by atomic mass is 9.97. The van der Waals surface area contributed by atoms with Crippen molar-refractivity contribution < 1.29 is 14.5 Å². The Bertz CT molecular complexity index is 584. The number of amides is 2. The summed E-state index contributed by atoms with van der Waals surface area (Å²) in [5.41, 5.74) is -0.0891. The van der Waals surface area contributed by atoms with Gasteiger partial charge in [-0.25, -0.2) is 0 Å². The third-order valence-electron chi connectivity index (χ3n) is 2.66. The number of nitrogens with one attached hydrogen (secondary N) is 1. The number of non-ortho nitro benzene ring substituents is 1. The van der Waals surface area contributed by atoms with Crippen LogP contribution in [0.25, 0.3) is 0 Å². The second-order valence-corrected chi connectivity index (χ2v) is 5.61. The molecule has 2 atom stereocenters. The fourth-order valence-electron chi connectivity index (χ4n) is 1.80. The molecule has 1 aromatic carbocycles. The molecule has 1 fully saturated rings. The van der Waals surface area contributed by atoms with Crippen LogP contribution in [0.3, 0.4) is 0 Å². The molecule has 1 aromatic rings. The van der Waals surface area contributed by atoms with Gasteiger partial charge in [-0.05, 0) is 0 Å². The number of carbonyl (C=O) groups is 2. The highest BCUT2D eigenvalue weighted by atomic mass is 79.9. The van der Waals surface area contributed by atoms with Crippen LogP contribution in [0.5, 0.6) is 0 Å². The van der Waals surface area contributed by atoms with Crippen LogP contribution < -0.4 is 5.32 Å². The Kier molecular flexibility index (Phi) is 3.80. The van der Waals surface area contributed by atoms with E-state index in [9.17, 15) is 19.7 Å². The molecule has 2 unspecified atom stereocenters. The molecule has 0 spiro atoms. The number of benzene rings is 1. The molecule has 0 saturated carbocycles. The fourth-order valence-corrected chi connectivity index (χ4v) is 3.13. The van der Waals surface area contributed by atoms with Crippen LogP contribution in [-0.4, -0.2) is 21.6 Å². The minimum atomic E-state index is -0.909. The third kappa shape index (κ3) is 2.45. The predicted octanol–water partition coefficient (Wildman–Crippen LogP) is 2.41. The number of nitro groups is 1. The molecule has 6 nitrogen and oxygen atoms in total. The maximum atomic E-state index is 11.7. The zero-order chi connectivity index (χ0) is 14.3. The summed E-state index contributed by atoms with van der Waals surface area (Å²) in [5, 5.41) is 12.7. The summed E-state index contributed by atoms with van der Waals surface area (Å²) in [6.45, 7) is 0. The van der Waals surface area contributed by atoms with E-state index in [1.165, 1.54) is 0 Å². The van der Waals surface area contributed by atoms with Crippen molar-refractivity contribution in [1.29, 1.82) is 0 Å². The first-order valence-corrected chi connectivity index (χ1v) is 6.62. The van der Waals surface area contributed by atoms with E-state index in [4.69, 9.17) is 23.2 Å². The lowest BCUT2D eigenvalue weighted by Crippen LogP contribution is -2.22. The first-order chi connectivity index (χ1) is 8.82. The van der Waals surface area contributed by atoms with Gasteiger partial charge in [0.05, 0.1) is 20.9 Å². The van der Waals surface area contributed by atoms with E-state index in [-0.39, 0.29) is 21.3 Å². The Hall–Kier alpha value is -1.18. The molecule has 0 aromatic heterocycles. The van der Waals surface area contributed by atoms with Crippen molar-refractivity contribution in [2.75, 3.05) is 0 Å². The predicted molar refractivity (Wildman–Crippen MR) is 71.7 cm³/mol. The smallest absolute Gasteiger partial charge is 0.272 e. The van der Waals surface area contributed by atoms with Crippen LogP contribution in [-0.2, 0) is 9.59 Å². The number of hydrogen-bond acceptors (Lipinski definition) is 4. The maximum Gasteiger partial charge on any atom is 0.272 e. The molecule has 1 heterocycles. The van der Waals surface area contributed by atoms with Crippen molar-refractivity contribution in [3.8, 4) is 0 Å². The number of nitro benzene ring substituents is 1. The fraction of sp³-hybridized carbons (Fsp3) is 0.200. The number of rotatable bonds is 2. The molecule has 1 saturated heterocycles. The molecule has 1 aliphatic rings. The van der Waals surface area contributed by atoms with E-state index >= 15 is 0 Å². The minimum Gasteiger partial charge on any atom is -0.295 e. The van der Waals surface area contributed by atoms with Crippen LogP contribution in [0.2, 0.25) is 10.0 Å². The summed E-state index contributed by atoms with van der Waals surface area (Å²) in [5.74, 6) is -1.96. The summed E-state index contributed by atoms with van der Waals surface area (Å²) >= 11 is 15.0. The number of halogens is 3. The van der Waals surface area contributed by atoms with Crippen molar-refractivity contribution >= 4 is 56.6 Å². The van der Waals surface area contributed by atoms with Gasteiger partial charge >= 0.3 is 0 Å². The van der Waals surface area contributed by atoms with Crippen molar-refractivity contribution in [3.63, 3.8) is 0 Å². The second-order valence-electron chi connectivity index (χ2n) is 3.81. The monoisotopic (exact) mass is 366 g/mol. The lowest BCUT2D eigenvalue weighted by molar-refractivity contribution is -0.384. The molecule has 100 valence electrons. The first kappa shape index (κ1) is 14.2. The Morgan fingerprint density at radius 1 is 1.21 bits per heavy atom. The van der Waals surface area contributed by atoms with E-state index in [0.717, 1.165) is 12.1 Å². The van der Waals surface area contributed by atoms with Crippen molar-refractivity contribution in [1.82, 2.24) is 5.32 Å². The van der Waals surface area contributed by atoms with Gasteiger partial charge in [-0.15, -0.1) is 0 Å². The summed E-state index contributed by atoms with van der Waals surface area (Å²) in [6.07, 6.45) is 0. The van der Waals surface area contributed by atoms with Gasteiger partial charge in [0.2, 0.25) is 11.8 Å². The summed E-state index contributed by atoms with van der Waals surface area (Å²) in [7, 11) is 0. The van der Waals surface area contributed by atoms with Crippen molar-refractivity contribution in [2.45, 2.75) is 10.7 Å². The van der Waals surface area contributed by atoms with Gasteiger partial charge in [0.1, 0.15) is 4.83 Å². The SMILES string of the molecule is O=C1NC(=O)C(c2c(Cl)cc([N+](=O)[O-])cc2Cl)C1Br. The van der Waals surface area contributed by atoms with Gasteiger partial charge in [-0.1, -0.05) is 39.1 Å². The van der Waals surface area contributed by atoms with Crippen LogP contribution in [0.1, 0.15) is 11.5 Å². The number of carbonyl (C=O) groups excluding carboxylic acids is 2. The highest BCUT2D eigenvalue weighted by molar-refractivity contribution is 9.10. The second kappa shape index (κ2) is 5.07. The Labute approximate surface area is 125 Å². The van der Waals surface area contributed by atoms with E-state index in [1.54, 1.807) is 0 Å². The van der Waals surface area contributed by atoms with Crippen molar-refractivity contribution in [3.05, 3.63) is 37.9 Å². The number of imide groups is 1. The largest absolute Gasteiger partial charge is 0.295 e. The van der Waals surface area contributed by atoms with Gasteiger partial charge in [-0.3, -0.25) is 25.0 Å². The summed E-state index contributed by atoms with van der Waals surface area (Å²) in [6, 6.07) is 2.19. The quantitative estimate of drug-likeness (QED) is 0.376. The molecule has 0 radical (unpaired) electrons. The number of hydrogen-bond donors (Lipinski definition) is 1. The molecule has 1 N–H and O–H groups in total. The summed E-state index contributed by atoms with van der Waals surface area (Å²) < 4.78 is 0. The molecule has 19 heavy (non-hydrogen) atoms. The molecule has 1 aliphatic heterocycles. The molecular formula is C10H5BrCl2N2O4. The van der Waals surface area contributed by atoms with E-state index in [2.05, 4.69) is 21.2 Å². The standard InChI is InChI=1S/C10H5BrCl2N2O4/c11-8-7(9(16)14-10(8)17)6-4(12)1-3(15(18)19)2-5(6)13/h1-2,7-8H,(H,14,16,17). The highest BCUT2D eigenvalue weighted by Crippen LogP contribution is 2.40. The van der Waals surface area contributed by atoms with Gasteiger partial charge in [0, 0.05) is 17.7 Å². The Morgan fingerprint density at radius 3 is 2.11 bits per heavy atom. The average molecular weight is 368 g/mol. The van der Waals surface area contributed by atoms with Crippen molar-refractivity contribution in [2.24, 2.45) is 0 Å². The molecule has 0 aliphatic carbocycles. The van der Waals surface area contributed by atoms with E-state index in [0.29, 0.717) is 0 Å². The molecule has 9 heteroatoms. The zero-order valence-electron chi connectivity index (χ0n) is 9.02. The van der Waals surface area contributed by atoms with Crippen LogP contribution in [0, 0.1) is 10.1 Å². The van der Waals surface area contributed by atoms with Gasteiger partial charge in [0.25, 0.3) is 5.69 Å². The molecule has 0 bridgehead atoms. The van der Waals surface area contributed by atoms with Crippen LogP contribution in [0.15, 0.2) is 12.1 Å². The third-order valence-corrected chi connectivity index (χ3v) is 4.23. The minimum absolute atomic E-state index is 0.0292. The molecule has 2 amide bonds. The Morgan fingerprint density at radius 2 is 1.74 bits per heavy atom. The van der Waals surface area contributed by atoms with Gasteiger partial charge in [-0.2, -0.15) is 0 Å². The highest BCUT2D eigenvalue weighted by Gasteiger charge is 2.43. The normalized spacial score (nSPS) is 22.5. The van der Waals surface area contributed by atoms with E-state index in [1.807, 2.05) is 0 Å². The maximum absolute atomic E-state index is 11.7. The Balaban J connectivity index is 2.55. The summed E-state index contributed by atoms with van der Waals surface area (Å²) in [4.78, 5) is 32.3. The first-order valence-electron chi connectivity index (χ1n) is 4.95. The van der Waals surface area contributed by atoms with Gasteiger partial charge < -0.3 is 0 Å². The topological polar surface area (TPSA) is 89.3 Å². The molecular weight excluding hydrogens is 363 g/mol. The van der Waals surface area contributed by atoms with Crippen LogP contribution in [0.4, 0.5) is 5.69 Å². The zero-order valence-corrected chi connectivity index (χ0v) is 12.1. The van der Waals surface area contributed by atoms with E-state index < -0.39 is 27.5 Å². The number of alkyl halides is 1. The number of nitrogens with zero attached hydrogens (tertiary/aromatic N) is 1. The van der Waals surface area contributed by atoms with Gasteiger partial charge in [0.15, 0.2) is 0 Å². The van der Waals surface area contributed by atoms with Crippen LogP contribution >= 0.6 is 39.1 Å².